The van der Waals surface area contributed by atoms with Crippen LogP contribution in [0.2, 0.25) is 0 Å². The summed E-state index contributed by atoms with van der Waals surface area (Å²) in [4.78, 5) is 12.7. The van der Waals surface area contributed by atoms with Crippen LogP contribution in [0.25, 0.3) is 0 Å². The van der Waals surface area contributed by atoms with Crippen LogP contribution in [0.15, 0.2) is 29.5 Å². The summed E-state index contributed by atoms with van der Waals surface area (Å²) in [6.45, 7) is 18.9. The molecule has 0 aromatic rings. The molecule has 0 unspecified atom stereocenters. The van der Waals surface area contributed by atoms with Gasteiger partial charge in [0.05, 0.1) is 17.6 Å². The predicted octanol–water partition coefficient (Wildman–Crippen LogP) is 5.07. The predicted molar refractivity (Wildman–Crippen MR) is 101 cm³/mol. The topological polar surface area (TPSA) is 35.5 Å². The lowest BCUT2D eigenvalue weighted by molar-refractivity contribution is -0.160. The van der Waals surface area contributed by atoms with E-state index in [1.54, 1.807) is 0 Å². The van der Waals surface area contributed by atoms with Gasteiger partial charge >= 0.3 is 5.97 Å². The van der Waals surface area contributed by atoms with Crippen molar-refractivity contribution in [1.29, 1.82) is 0 Å². The van der Waals surface area contributed by atoms with Gasteiger partial charge in [0, 0.05) is 11.5 Å². The lowest BCUT2D eigenvalue weighted by atomic mass is 9.78. The van der Waals surface area contributed by atoms with Crippen LogP contribution in [0.1, 0.15) is 61.3 Å². The zero-order chi connectivity index (χ0) is 18.9. The van der Waals surface area contributed by atoms with Gasteiger partial charge < -0.3 is 9.47 Å². The van der Waals surface area contributed by atoms with Crippen molar-refractivity contribution in [3.8, 4) is 0 Å². The zero-order valence-corrected chi connectivity index (χ0v) is 16.9. The van der Waals surface area contributed by atoms with Gasteiger partial charge in [0.15, 0.2) is 0 Å². The van der Waals surface area contributed by atoms with Crippen molar-refractivity contribution in [2.45, 2.75) is 79.1 Å². The van der Waals surface area contributed by atoms with Crippen molar-refractivity contribution in [2.75, 3.05) is 0 Å². The molecular weight excluding hydrogens is 312 g/mol. The summed E-state index contributed by atoms with van der Waals surface area (Å²) in [6, 6.07) is 0. The molecule has 0 spiro atoms. The Balaban J connectivity index is 2.44. The van der Waals surface area contributed by atoms with Crippen molar-refractivity contribution < 1.29 is 14.3 Å². The Labute approximate surface area is 153 Å². The molecule has 2 bridgehead atoms. The van der Waals surface area contributed by atoms with Gasteiger partial charge in [0.2, 0.25) is 0 Å². The molecule has 0 aromatic heterocycles. The second-order valence-corrected chi connectivity index (χ2v) is 8.28. The summed E-state index contributed by atoms with van der Waals surface area (Å²) in [6.07, 6.45) is 3.36. The molecule has 0 aliphatic carbocycles. The smallest absolute Gasteiger partial charge is 0.311 e. The molecule has 1 fully saturated rings. The number of hydrogen-bond acceptors (Lipinski definition) is 3. The van der Waals surface area contributed by atoms with Gasteiger partial charge in [-0.05, 0) is 57.1 Å². The van der Waals surface area contributed by atoms with Crippen LogP contribution in [-0.4, -0.2) is 23.8 Å². The Morgan fingerprint density at radius 2 is 1.92 bits per heavy atom. The Bertz CT molecular complexity index is 598. The van der Waals surface area contributed by atoms with E-state index >= 15 is 0 Å². The summed E-state index contributed by atoms with van der Waals surface area (Å²) >= 11 is 0. The first-order chi connectivity index (χ1) is 11.6. The van der Waals surface area contributed by atoms with Crippen LogP contribution in [-0.2, 0) is 14.3 Å². The third kappa shape index (κ3) is 3.93. The summed E-state index contributed by atoms with van der Waals surface area (Å²) in [7, 11) is 0. The Kier molecular flexibility index (Phi) is 6.01. The molecule has 2 aliphatic heterocycles. The van der Waals surface area contributed by atoms with E-state index in [-0.39, 0.29) is 30.0 Å². The standard InChI is InChI=1S/C22H34O3/c1-9-19-14(3)11-10-13(2)15(4)12-22(8)18(7)16(5)20(25-22)17(6)21(23)24-19/h10,13,15-17,19-20H,7,9,12H2,1-6,8H3/t11?,13-,15-,16+,17-,19-,20+,22+/m1/s1. The maximum atomic E-state index is 12.7. The highest BCUT2D eigenvalue weighted by atomic mass is 16.6. The summed E-state index contributed by atoms with van der Waals surface area (Å²) in [5.74, 6) is 0.435. The highest BCUT2D eigenvalue weighted by Gasteiger charge is 2.49. The van der Waals surface area contributed by atoms with Crippen molar-refractivity contribution in [3.05, 3.63) is 29.5 Å². The molecule has 3 nitrogen and oxygen atoms in total. The molecule has 0 amide bonds. The average Bonchev–Trinajstić information content (AvgIpc) is 2.79. The molecule has 3 heteroatoms. The Morgan fingerprint density at radius 1 is 1.28 bits per heavy atom. The first kappa shape index (κ1) is 20.0. The molecule has 0 radical (unpaired) electrons. The number of esters is 1. The minimum Gasteiger partial charge on any atom is -0.457 e. The first-order valence-electron chi connectivity index (χ1n) is 9.61. The lowest BCUT2D eigenvalue weighted by Crippen LogP contribution is -2.35. The Morgan fingerprint density at radius 3 is 2.52 bits per heavy atom. The largest absolute Gasteiger partial charge is 0.457 e. The van der Waals surface area contributed by atoms with Crippen LogP contribution < -0.4 is 0 Å². The molecule has 140 valence electrons. The fourth-order valence-electron chi connectivity index (χ4n) is 4.05. The lowest BCUT2D eigenvalue weighted by Gasteiger charge is -2.31. The average molecular weight is 347 g/mol. The van der Waals surface area contributed by atoms with Gasteiger partial charge in [-0.1, -0.05) is 34.3 Å². The molecule has 0 saturated carbocycles. The third-order valence-electron chi connectivity index (χ3n) is 6.28. The highest BCUT2D eigenvalue weighted by Crippen LogP contribution is 2.46. The number of carbonyl (C=O) groups is 1. The van der Waals surface area contributed by atoms with Crippen LogP contribution in [0.3, 0.4) is 0 Å². The van der Waals surface area contributed by atoms with Crippen molar-refractivity contribution >= 4 is 5.97 Å². The van der Waals surface area contributed by atoms with E-state index in [1.807, 2.05) is 20.8 Å². The molecule has 1 saturated heterocycles. The van der Waals surface area contributed by atoms with E-state index in [9.17, 15) is 4.79 Å². The number of ether oxygens (including phenoxy) is 2. The first-order valence-corrected chi connectivity index (χ1v) is 9.61. The van der Waals surface area contributed by atoms with Crippen LogP contribution in [0.5, 0.6) is 0 Å². The summed E-state index contributed by atoms with van der Waals surface area (Å²) in [5, 5.41) is 0. The van der Waals surface area contributed by atoms with Crippen LogP contribution >= 0.6 is 0 Å². The second kappa shape index (κ2) is 7.51. The SMILES string of the molecule is C=C1[C@H](C)[C@@H]2O[C@@]1(C)C[C@@H](C)[C@H](C)C=C=C(C)[C@@H](CC)OC(=O)[C@@H]2C. The molecule has 2 rings (SSSR count). The molecule has 25 heavy (non-hydrogen) atoms. The van der Waals surface area contributed by atoms with Gasteiger partial charge in [-0.2, -0.15) is 0 Å². The number of hydrogen-bond donors (Lipinski definition) is 0. The molecular formula is C22H34O3. The normalized spacial score (nSPS) is 42.9. The van der Waals surface area contributed by atoms with Crippen LogP contribution in [0.4, 0.5) is 0 Å². The molecule has 2 heterocycles. The van der Waals surface area contributed by atoms with Gasteiger partial charge in [-0.25, -0.2) is 0 Å². The van der Waals surface area contributed by atoms with Gasteiger partial charge in [0.25, 0.3) is 0 Å². The van der Waals surface area contributed by atoms with E-state index in [0.29, 0.717) is 11.8 Å². The fourth-order valence-corrected chi connectivity index (χ4v) is 4.05. The minimum atomic E-state index is -0.392. The van der Waals surface area contributed by atoms with Gasteiger partial charge in [0.1, 0.15) is 6.10 Å². The van der Waals surface area contributed by atoms with E-state index < -0.39 is 5.60 Å². The van der Waals surface area contributed by atoms with Crippen LogP contribution in [0, 0.1) is 23.7 Å². The Hall–Kier alpha value is -1.31. The molecule has 0 N–H and O–H groups in total. The zero-order valence-electron chi connectivity index (χ0n) is 16.9. The van der Waals surface area contributed by atoms with E-state index in [0.717, 1.165) is 24.0 Å². The number of cyclic esters (lactones) is 1. The minimum absolute atomic E-state index is 0.144. The van der Waals surface area contributed by atoms with Gasteiger partial charge in [-0.15, -0.1) is 5.73 Å². The van der Waals surface area contributed by atoms with Crippen molar-refractivity contribution in [3.63, 3.8) is 0 Å². The highest BCUT2D eigenvalue weighted by molar-refractivity contribution is 5.73. The quantitative estimate of drug-likeness (QED) is 0.378. The molecule has 0 aromatic carbocycles. The van der Waals surface area contributed by atoms with E-state index in [4.69, 9.17) is 9.47 Å². The number of fused-ring (bicyclic) bond motifs is 2. The van der Waals surface area contributed by atoms with E-state index in [1.165, 1.54) is 0 Å². The van der Waals surface area contributed by atoms with Gasteiger partial charge in [-0.3, -0.25) is 4.79 Å². The van der Waals surface area contributed by atoms with Crippen molar-refractivity contribution in [1.82, 2.24) is 0 Å². The maximum Gasteiger partial charge on any atom is 0.311 e. The third-order valence-corrected chi connectivity index (χ3v) is 6.28. The number of carbonyl (C=O) groups excluding carboxylic acids is 1. The van der Waals surface area contributed by atoms with E-state index in [2.05, 4.69) is 46.1 Å². The van der Waals surface area contributed by atoms with Crippen molar-refractivity contribution in [2.24, 2.45) is 23.7 Å². The molecule has 7 atom stereocenters. The summed E-state index contributed by atoms with van der Waals surface area (Å²) in [5.41, 5.74) is 5.05. The number of rotatable bonds is 1. The fraction of sp³-hybridized carbons (Fsp3) is 0.727. The monoisotopic (exact) mass is 346 g/mol. The summed E-state index contributed by atoms with van der Waals surface area (Å²) < 4.78 is 12.2. The molecule has 2 aliphatic rings. The maximum absolute atomic E-state index is 12.7. The second-order valence-electron chi connectivity index (χ2n) is 8.28.